The largest absolute Gasteiger partial charge is 0.365 e. The number of anilines is 1. The zero-order chi connectivity index (χ0) is 10.8. The Morgan fingerprint density at radius 3 is 2.47 bits per heavy atom. The minimum atomic E-state index is -0.495. The summed E-state index contributed by atoms with van der Waals surface area (Å²) in [5.41, 5.74) is 0.839. The minimum Gasteiger partial charge on any atom is -0.365 e. The van der Waals surface area contributed by atoms with E-state index in [1.807, 2.05) is 30.3 Å². The Balaban J connectivity index is 2.09. The summed E-state index contributed by atoms with van der Waals surface area (Å²) in [6.07, 6.45) is 0. The van der Waals surface area contributed by atoms with Crippen molar-refractivity contribution >= 4 is 28.6 Å². The Morgan fingerprint density at radius 1 is 1.27 bits per heavy atom. The molecule has 0 aromatic heterocycles. The highest BCUT2D eigenvalue weighted by Gasteiger charge is 2.36. The van der Waals surface area contributed by atoms with Crippen molar-refractivity contribution in [1.82, 2.24) is 4.90 Å². The summed E-state index contributed by atoms with van der Waals surface area (Å²) < 4.78 is 0. The number of thioether (sulfide) groups is 1. The van der Waals surface area contributed by atoms with Crippen LogP contribution in [0.3, 0.4) is 0 Å². The van der Waals surface area contributed by atoms with Gasteiger partial charge < -0.3 is 5.32 Å². The highest BCUT2D eigenvalue weighted by molar-refractivity contribution is 8.15. The van der Waals surface area contributed by atoms with Crippen LogP contribution in [-0.2, 0) is 4.79 Å². The first-order valence-electron chi connectivity index (χ1n) is 4.48. The highest BCUT2D eigenvalue weighted by atomic mass is 32.2. The molecule has 0 spiro atoms. The summed E-state index contributed by atoms with van der Waals surface area (Å²) in [5, 5.41) is 2.29. The van der Waals surface area contributed by atoms with Gasteiger partial charge in [0.1, 0.15) is 0 Å². The quantitative estimate of drug-likeness (QED) is 0.828. The first-order chi connectivity index (χ1) is 7.18. The zero-order valence-electron chi connectivity index (χ0n) is 8.14. The number of hydrogen-bond donors (Lipinski definition) is 1. The number of amides is 2. The van der Waals surface area contributed by atoms with Crippen molar-refractivity contribution in [2.24, 2.45) is 0 Å². The molecule has 4 nitrogen and oxygen atoms in total. The number of likely N-dealkylation sites (N-methyl/N-ethyl adjacent to an activating group) is 1. The maximum atomic E-state index is 11.5. The number of carbonyl (C=O) groups is 2. The molecule has 1 aromatic carbocycles. The standard InChI is InChI=1S/C10H10N2O2S/c1-12-9(13)8(15-10(12)14)11-7-5-3-2-4-6-7/h2-6,8,11H,1H3/t8-/m0/s1. The summed E-state index contributed by atoms with van der Waals surface area (Å²) in [7, 11) is 1.49. The van der Waals surface area contributed by atoms with Gasteiger partial charge in [-0.1, -0.05) is 18.2 Å². The Bertz CT molecular complexity index is 394. The highest BCUT2D eigenvalue weighted by Crippen LogP contribution is 2.26. The van der Waals surface area contributed by atoms with E-state index in [4.69, 9.17) is 0 Å². The van der Waals surface area contributed by atoms with Crippen LogP contribution in [0.2, 0.25) is 0 Å². The van der Waals surface area contributed by atoms with E-state index in [1.165, 1.54) is 7.05 Å². The molecular weight excluding hydrogens is 212 g/mol. The van der Waals surface area contributed by atoms with E-state index in [-0.39, 0.29) is 11.1 Å². The molecule has 1 saturated heterocycles. The smallest absolute Gasteiger partial charge is 0.290 e. The molecule has 1 atom stereocenters. The number of imide groups is 1. The molecule has 5 heteroatoms. The molecular formula is C10H10N2O2S. The molecule has 1 heterocycles. The third-order valence-corrected chi connectivity index (χ3v) is 3.15. The van der Waals surface area contributed by atoms with Gasteiger partial charge in [0.05, 0.1) is 0 Å². The van der Waals surface area contributed by atoms with Crippen molar-refractivity contribution in [3.05, 3.63) is 30.3 Å². The molecule has 0 unspecified atom stereocenters. The second-order valence-electron chi connectivity index (χ2n) is 3.17. The van der Waals surface area contributed by atoms with Crippen LogP contribution in [0.4, 0.5) is 10.5 Å². The fourth-order valence-electron chi connectivity index (χ4n) is 1.27. The lowest BCUT2D eigenvalue weighted by Crippen LogP contribution is -2.31. The molecule has 1 aliphatic rings. The van der Waals surface area contributed by atoms with Crippen LogP contribution in [0.1, 0.15) is 0 Å². The van der Waals surface area contributed by atoms with Crippen molar-refractivity contribution in [3.63, 3.8) is 0 Å². The lowest BCUT2D eigenvalue weighted by Gasteiger charge is -2.10. The van der Waals surface area contributed by atoms with Crippen LogP contribution in [0.15, 0.2) is 30.3 Å². The Morgan fingerprint density at radius 2 is 1.93 bits per heavy atom. The first kappa shape index (κ1) is 10.0. The molecule has 15 heavy (non-hydrogen) atoms. The van der Waals surface area contributed by atoms with Crippen molar-refractivity contribution in [1.29, 1.82) is 0 Å². The molecule has 2 rings (SSSR count). The summed E-state index contributed by atoms with van der Waals surface area (Å²) in [6, 6.07) is 9.36. The lowest BCUT2D eigenvalue weighted by atomic mass is 10.3. The van der Waals surface area contributed by atoms with E-state index >= 15 is 0 Å². The van der Waals surface area contributed by atoms with Crippen LogP contribution in [0.5, 0.6) is 0 Å². The van der Waals surface area contributed by atoms with Crippen LogP contribution < -0.4 is 5.32 Å². The molecule has 1 aliphatic heterocycles. The maximum Gasteiger partial charge on any atom is 0.290 e. The number of rotatable bonds is 2. The first-order valence-corrected chi connectivity index (χ1v) is 5.36. The fraction of sp³-hybridized carbons (Fsp3) is 0.200. The predicted molar refractivity (Wildman–Crippen MR) is 59.6 cm³/mol. The van der Waals surface area contributed by atoms with Gasteiger partial charge in [0.15, 0.2) is 5.37 Å². The van der Waals surface area contributed by atoms with Crippen molar-refractivity contribution in [2.75, 3.05) is 12.4 Å². The topological polar surface area (TPSA) is 49.4 Å². The summed E-state index contributed by atoms with van der Waals surface area (Å²) in [4.78, 5) is 23.9. The molecule has 0 radical (unpaired) electrons. The summed E-state index contributed by atoms with van der Waals surface area (Å²) in [6.45, 7) is 0. The number of nitrogens with zero attached hydrogens (tertiary/aromatic N) is 1. The number of hydrogen-bond acceptors (Lipinski definition) is 4. The van der Waals surface area contributed by atoms with Gasteiger partial charge in [0, 0.05) is 12.7 Å². The van der Waals surface area contributed by atoms with Gasteiger partial charge in [-0.25, -0.2) is 0 Å². The van der Waals surface area contributed by atoms with E-state index in [9.17, 15) is 9.59 Å². The summed E-state index contributed by atoms with van der Waals surface area (Å²) in [5.74, 6) is -0.200. The van der Waals surface area contributed by atoms with E-state index in [1.54, 1.807) is 0 Å². The van der Waals surface area contributed by atoms with Crippen molar-refractivity contribution in [3.8, 4) is 0 Å². The molecule has 78 valence electrons. The van der Waals surface area contributed by atoms with Gasteiger partial charge in [-0.15, -0.1) is 0 Å². The van der Waals surface area contributed by atoms with E-state index < -0.39 is 5.37 Å². The van der Waals surface area contributed by atoms with Crippen LogP contribution in [0, 0.1) is 0 Å². The number of carbonyl (C=O) groups excluding carboxylic acids is 2. The molecule has 1 fully saturated rings. The second-order valence-corrected chi connectivity index (χ2v) is 4.23. The SMILES string of the molecule is CN1C(=O)S[C@H](Nc2ccccc2)C1=O. The third-order valence-electron chi connectivity index (χ3n) is 2.12. The van der Waals surface area contributed by atoms with E-state index in [2.05, 4.69) is 5.32 Å². The predicted octanol–water partition coefficient (Wildman–Crippen LogP) is 1.75. The fourth-order valence-corrected chi connectivity index (χ4v) is 2.18. The Labute approximate surface area is 91.6 Å². The van der Waals surface area contributed by atoms with E-state index in [0.717, 1.165) is 22.3 Å². The lowest BCUT2D eigenvalue weighted by molar-refractivity contribution is -0.125. The Hall–Kier alpha value is -1.49. The van der Waals surface area contributed by atoms with Gasteiger partial charge in [-0.2, -0.15) is 0 Å². The average Bonchev–Trinajstić information content (AvgIpc) is 2.48. The number of benzene rings is 1. The third kappa shape index (κ3) is 1.97. The molecule has 0 saturated carbocycles. The van der Waals surface area contributed by atoms with Crippen LogP contribution in [-0.4, -0.2) is 28.5 Å². The van der Waals surface area contributed by atoms with Gasteiger partial charge in [0.25, 0.3) is 11.1 Å². The monoisotopic (exact) mass is 222 g/mol. The molecule has 0 bridgehead atoms. The normalized spacial score (nSPS) is 20.9. The molecule has 1 N–H and O–H groups in total. The van der Waals surface area contributed by atoms with Gasteiger partial charge in [-0.05, 0) is 23.9 Å². The van der Waals surface area contributed by atoms with Gasteiger partial charge in [0.2, 0.25) is 0 Å². The number of para-hydroxylation sites is 1. The Kier molecular flexibility index (Phi) is 2.64. The van der Waals surface area contributed by atoms with Crippen LogP contribution in [0.25, 0.3) is 0 Å². The molecule has 1 aromatic rings. The van der Waals surface area contributed by atoms with Crippen molar-refractivity contribution in [2.45, 2.75) is 5.37 Å². The average molecular weight is 222 g/mol. The minimum absolute atomic E-state index is 0.200. The van der Waals surface area contributed by atoms with Crippen molar-refractivity contribution < 1.29 is 9.59 Å². The zero-order valence-corrected chi connectivity index (χ0v) is 8.95. The van der Waals surface area contributed by atoms with Gasteiger partial charge >= 0.3 is 0 Å². The van der Waals surface area contributed by atoms with E-state index in [0.29, 0.717) is 0 Å². The second kappa shape index (κ2) is 3.94. The number of nitrogens with one attached hydrogen (secondary N) is 1. The maximum absolute atomic E-state index is 11.5. The summed E-state index contributed by atoms with van der Waals surface area (Å²) >= 11 is 1.00. The van der Waals surface area contributed by atoms with Gasteiger partial charge in [-0.3, -0.25) is 14.5 Å². The molecule has 2 amide bonds. The molecule has 0 aliphatic carbocycles. The van der Waals surface area contributed by atoms with Crippen LogP contribution >= 0.6 is 11.8 Å².